The Morgan fingerprint density at radius 1 is 1.11 bits per heavy atom. The Kier molecular flexibility index (Phi) is 5.22. The van der Waals surface area contributed by atoms with Crippen LogP contribution in [0.25, 0.3) is 11.5 Å². The van der Waals surface area contributed by atoms with Crippen LogP contribution in [0.5, 0.6) is 0 Å². The van der Waals surface area contributed by atoms with Crippen molar-refractivity contribution in [2.24, 2.45) is 0 Å². The summed E-state index contributed by atoms with van der Waals surface area (Å²) in [5, 5.41) is 15.9. The molecule has 0 spiro atoms. The maximum atomic E-state index is 13.4. The summed E-state index contributed by atoms with van der Waals surface area (Å²) in [7, 11) is 0. The number of nitrogens with one attached hydrogen (secondary N) is 2. The molecule has 0 aliphatic carbocycles. The van der Waals surface area contributed by atoms with E-state index < -0.39 is 11.5 Å². The van der Waals surface area contributed by atoms with Crippen LogP contribution in [0.4, 0.5) is 22.0 Å². The van der Waals surface area contributed by atoms with Crippen LogP contribution in [-0.4, -0.2) is 42.2 Å². The summed E-state index contributed by atoms with van der Waals surface area (Å²) in [6.07, 6.45) is 3.00. The highest BCUT2D eigenvalue weighted by molar-refractivity contribution is 5.58. The van der Waals surface area contributed by atoms with Gasteiger partial charge < -0.3 is 15.7 Å². The van der Waals surface area contributed by atoms with Crippen LogP contribution in [0.2, 0.25) is 0 Å². The molecule has 0 aliphatic rings. The molecule has 0 unspecified atom stereocenters. The third-order valence-corrected chi connectivity index (χ3v) is 3.48. The van der Waals surface area contributed by atoms with Gasteiger partial charge in [0.2, 0.25) is 17.8 Å². The molecule has 3 aromatic heterocycles. The standard InChI is InChI=1S/C18H20FN7O/c1-11-8-12(9-21-14(11)19)23-17-25-15(13-6-4-5-7-20-13)24-16(26-17)22-10-18(2,3)27/h4-9,27H,10H2,1-3H3,(H2,22,23,24,25,26). The van der Waals surface area contributed by atoms with Gasteiger partial charge in [-0.25, -0.2) is 4.98 Å². The summed E-state index contributed by atoms with van der Waals surface area (Å²) >= 11 is 0. The fourth-order valence-electron chi connectivity index (χ4n) is 2.17. The summed E-state index contributed by atoms with van der Waals surface area (Å²) in [5.41, 5.74) is 0.575. The van der Waals surface area contributed by atoms with E-state index in [9.17, 15) is 9.50 Å². The number of anilines is 3. The molecule has 27 heavy (non-hydrogen) atoms. The Morgan fingerprint density at radius 2 is 1.89 bits per heavy atom. The zero-order valence-electron chi connectivity index (χ0n) is 15.2. The van der Waals surface area contributed by atoms with Gasteiger partial charge in [0.25, 0.3) is 0 Å². The van der Waals surface area contributed by atoms with Gasteiger partial charge in [0.05, 0.1) is 17.5 Å². The van der Waals surface area contributed by atoms with E-state index in [1.54, 1.807) is 45.2 Å². The molecular formula is C18H20FN7O. The first kappa shape index (κ1) is 18.6. The number of hydrogen-bond acceptors (Lipinski definition) is 8. The Balaban J connectivity index is 1.94. The van der Waals surface area contributed by atoms with Crippen molar-refractivity contribution in [1.82, 2.24) is 24.9 Å². The monoisotopic (exact) mass is 369 g/mol. The lowest BCUT2D eigenvalue weighted by Gasteiger charge is -2.18. The van der Waals surface area contributed by atoms with E-state index in [-0.39, 0.29) is 18.4 Å². The third kappa shape index (κ3) is 5.14. The van der Waals surface area contributed by atoms with Crippen molar-refractivity contribution in [2.45, 2.75) is 26.4 Å². The molecule has 0 aliphatic heterocycles. The van der Waals surface area contributed by atoms with Crippen LogP contribution in [0, 0.1) is 12.9 Å². The average molecular weight is 369 g/mol. The second kappa shape index (κ2) is 7.58. The number of rotatable bonds is 6. The van der Waals surface area contributed by atoms with E-state index in [0.29, 0.717) is 22.8 Å². The van der Waals surface area contributed by atoms with Gasteiger partial charge in [0.1, 0.15) is 5.69 Å². The molecule has 8 nitrogen and oxygen atoms in total. The lowest BCUT2D eigenvalue weighted by atomic mass is 10.1. The molecule has 0 radical (unpaired) electrons. The predicted molar refractivity (Wildman–Crippen MR) is 100 cm³/mol. The molecule has 0 aromatic carbocycles. The van der Waals surface area contributed by atoms with Gasteiger partial charge in [-0.2, -0.15) is 19.3 Å². The van der Waals surface area contributed by atoms with Crippen LogP contribution in [-0.2, 0) is 0 Å². The Morgan fingerprint density at radius 3 is 2.56 bits per heavy atom. The lowest BCUT2D eigenvalue weighted by Crippen LogP contribution is -2.30. The summed E-state index contributed by atoms with van der Waals surface area (Å²) in [5.74, 6) is 0.356. The number of aliphatic hydroxyl groups is 1. The maximum absolute atomic E-state index is 13.4. The Bertz CT molecular complexity index is 929. The van der Waals surface area contributed by atoms with Gasteiger partial charge in [-0.3, -0.25) is 4.98 Å². The smallest absolute Gasteiger partial charge is 0.232 e. The first-order valence-electron chi connectivity index (χ1n) is 8.33. The Hall–Kier alpha value is -3.20. The number of halogens is 1. The van der Waals surface area contributed by atoms with Crippen molar-refractivity contribution in [3.8, 4) is 11.5 Å². The molecule has 9 heteroatoms. The SMILES string of the molecule is Cc1cc(Nc2nc(NCC(C)(C)O)nc(-c3ccccn3)n2)cnc1F. The minimum Gasteiger partial charge on any atom is -0.389 e. The quantitative estimate of drug-likeness (QED) is 0.569. The van der Waals surface area contributed by atoms with E-state index in [2.05, 4.69) is 35.6 Å². The molecule has 0 saturated heterocycles. The summed E-state index contributed by atoms with van der Waals surface area (Å²) in [6, 6.07) is 7.01. The van der Waals surface area contributed by atoms with Gasteiger partial charge in [0, 0.05) is 18.3 Å². The minimum absolute atomic E-state index is 0.245. The number of nitrogens with zero attached hydrogens (tertiary/aromatic N) is 5. The van der Waals surface area contributed by atoms with Gasteiger partial charge >= 0.3 is 0 Å². The number of aromatic nitrogens is 5. The fraction of sp³-hybridized carbons (Fsp3) is 0.278. The number of hydrogen-bond donors (Lipinski definition) is 3. The maximum Gasteiger partial charge on any atom is 0.232 e. The van der Waals surface area contributed by atoms with Gasteiger partial charge in [-0.1, -0.05) is 6.07 Å². The molecule has 3 aromatic rings. The minimum atomic E-state index is -0.941. The van der Waals surface area contributed by atoms with Crippen molar-refractivity contribution in [3.05, 3.63) is 48.2 Å². The average Bonchev–Trinajstić information content (AvgIpc) is 2.63. The second-order valence-corrected chi connectivity index (χ2v) is 6.64. The van der Waals surface area contributed by atoms with Crippen molar-refractivity contribution < 1.29 is 9.50 Å². The molecule has 3 rings (SSSR count). The van der Waals surface area contributed by atoms with Crippen molar-refractivity contribution in [3.63, 3.8) is 0 Å². The van der Waals surface area contributed by atoms with E-state index in [1.165, 1.54) is 6.20 Å². The van der Waals surface area contributed by atoms with Crippen LogP contribution in [0.15, 0.2) is 36.7 Å². The lowest BCUT2D eigenvalue weighted by molar-refractivity contribution is 0.0943. The second-order valence-electron chi connectivity index (χ2n) is 6.64. The summed E-state index contributed by atoms with van der Waals surface area (Å²) < 4.78 is 13.4. The first-order valence-corrected chi connectivity index (χ1v) is 8.33. The molecule has 0 atom stereocenters. The highest BCUT2D eigenvalue weighted by Gasteiger charge is 2.15. The molecule has 140 valence electrons. The van der Waals surface area contributed by atoms with Crippen LogP contribution in [0.3, 0.4) is 0 Å². The van der Waals surface area contributed by atoms with E-state index in [0.717, 1.165) is 0 Å². The normalized spacial score (nSPS) is 11.3. The molecule has 0 fully saturated rings. The van der Waals surface area contributed by atoms with Crippen LogP contribution >= 0.6 is 0 Å². The Labute approximate surface area is 156 Å². The molecule has 3 N–H and O–H groups in total. The van der Waals surface area contributed by atoms with E-state index in [1.807, 2.05) is 6.07 Å². The summed E-state index contributed by atoms with van der Waals surface area (Å²) in [4.78, 5) is 21.0. The van der Waals surface area contributed by atoms with Crippen LogP contribution in [0.1, 0.15) is 19.4 Å². The molecule has 0 amide bonds. The molecule has 0 saturated carbocycles. The topological polar surface area (TPSA) is 109 Å². The molecule has 0 bridgehead atoms. The molecular weight excluding hydrogens is 349 g/mol. The van der Waals surface area contributed by atoms with E-state index in [4.69, 9.17) is 0 Å². The zero-order chi connectivity index (χ0) is 19.4. The number of pyridine rings is 2. The van der Waals surface area contributed by atoms with Gasteiger partial charge in [0.15, 0.2) is 5.82 Å². The largest absolute Gasteiger partial charge is 0.389 e. The summed E-state index contributed by atoms with van der Waals surface area (Å²) in [6.45, 7) is 5.21. The van der Waals surface area contributed by atoms with Gasteiger partial charge in [-0.15, -0.1) is 0 Å². The van der Waals surface area contributed by atoms with Crippen LogP contribution < -0.4 is 10.6 Å². The van der Waals surface area contributed by atoms with Gasteiger partial charge in [-0.05, 0) is 39.0 Å². The highest BCUT2D eigenvalue weighted by atomic mass is 19.1. The number of aryl methyl sites for hydroxylation is 1. The van der Waals surface area contributed by atoms with Crippen molar-refractivity contribution in [1.29, 1.82) is 0 Å². The first-order chi connectivity index (χ1) is 12.8. The van der Waals surface area contributed by atoms with E-state index >= 15 is 0 Å². The highest BCUT2D eigenvalue weighted by Crippen LogP contribution is 2.19. The van der Waals surface area contributed by atoms with Crippen molar-refractivity contribution >= 4 is 17.6 Å². The fourth-order valence-corrected chi connectivity index (χ4v) is 2.17. The molecule has 3 heterocycles. The van der Waals surface area contributed by atoms with Crippen molar-refractivity contribution in [2.75, 3.05) is 17.2 Å². The third-order valence-electron chi connectivity index (χ3n) is 3.48. The zero-order valence-corrected chi connectivity index (χ0v) is 15.2. The predicted octanol–water partition coefficient (Wildman–Crippen LogP) is 2.70.